The lowest BCUT2D eigenvalue weighted by molar-refractivity contribution is 0.464. The fourth-order valence-electron chi connectivity index (χ4n) is 2.78. The zero-order chi connectivity index (χ0) is 13.0. The molecule has 100 valence electrons. The highest BCUT2D eigenvalue weighted by atomic mass is 32.2. The number of hydrogen-bond acceptors (Lipinski definition) is 2. The van der Waals surface area contributed by atoms with E-state index in [9.17, 15) is 0 Å². The van der Waals surface area contributed by atoms with Gasteiger partial charge in [-0.25, -0.2) is 0 Å². The molecule has 1 nitrogen and oxygen atoms in total. The van der Waals surface area contributed by atoms with E-state index < -0.39 is 0 Å². The van der Waals surface area contributed by atoms with E-state index in [1.165, 1.54) is 49.1 Å². The first-order valence-corrected chi connectivity index (χ1v) is 8.07. The summed E-state index contributed by atoms with van der Waals surface area (Å²) >= 11 is 2.10. The molecule has 18 heavy (non-hydrogen) atoms. The Kier molecular flexibility index (Phi) is 4.60. The number of para-hydroxylation sites is 1. The molecule has 0 saturated heterocycles. The molecule has 0 aromatic heterocycles. The minimum atomic E-state index is 0.315. The number of unbranched alkanes of at least 4 members (excludes halogenated alkanes) is 2. The van der Waals surface area contributed by atoms with Crippen LogP contribution in [0.1, 0.15) is 52.4 Å². The summed E-state index contributed by atoms with van der Waals surface area (Å²) < 4.78 is 0. The molecular weight excluding hydrogens is 238 g/mol. The monoisotopic (exact) mass is 263 g/mol. The van der Waals surface area contributed by atoms with Crippen LogP contribution < -0.4 is 4.90 Å². The lowest BCUT2D eigenvalue weighted by atomic mass is 10.0. The van der Waals surface area contributed by atoms with Gasteiger partial charge in [0.05, 0.1) is 10.6 Å². The second kappa shape index (κ2) is 6.01. The van der Waals surface area contributed by atoms with Gasteiger partial charge < -0.3 is 4.90 Å². The van der Waals surface area contributed by atoms with Crippen LogP contribution in [0.25, 0.3) is 0 Å². The Morgan fingerprint density at radius 1 is 1.06 bits per heavy atom. The molecule has 0 aliphatic carbocycles. The second-order valence-electron chi connectivity index (χ2n) is 5.28. The fraction of sp³-hybridized carbons (Fsp3) is 0.625. The molecule has 1 aliphatic heterocycles. The van der Waals surface area contributed by atoms with Gasteiger partial charge in [-0.2, -0.15) is 0 Å². The first-order chi connectivity index (χ1) is 8.73. The third-order valence-electron chi connectivity index (χ3n) is 3.98. The molecular formula is C16H25NS. The van der Waals surface area contributed by atoms with E-state index in [2.05, 4.69) is 61.8 Å². The summed E-state index contributed by atoms with van der Waals surface area (Å²) in [5.74, 6) is 0. The third kappa shape index (κ3) is 2.54. The summed E-state index contributed by atoms with van der Waals surface area (Å²) in [6.45, 7) is 4.58. The molecule has 2 rings (SSSR count). The van der Waals surface area contributed by atoms with E-state index in [-0.39, 0.29) is 0 Å². The maximum Gasteiger partial charge on any atom is 0.0904 e. The summed E-state index contributed by atoms with van der Waals surface area (Å²) in [4.78, 5) is 4.32. The van der Waals surface area contributed by atoms with Crippen LogP contribution in [-0.2, 0) is 0 Å². The van der Waals surface area contributed by atoms with Gasteiger partial charge in [0, 0.05) is 11.9 Å². The minimum absolute atomic E-state index is 0.315. The highest BCUT2D eigenvalue weighted by Crippen LogP contribution is 2.53. The minimum Gasteiger partial charge on any atom is -0.359 e. The molecule has 1 aliphatic rings. The number of thioether (sulfide) groups is 1. The molecule has 0 radical (unpaired) electrons. The number of nitrogens with zero attached hydrogens (tertiary/aromatic N) is 1. The summed E-state index contributed by atoms with van der Waals surface area (Å²) in [6, 6.07) is 8.86. The Morgan fingerprint density at radius 2 is 1.67 bits per heavy atom. The van der Waals surface area contributed by atoms with Crippen molar-refractivity contribution in [3.8, 4) is 0 Å². The molecule has 0 unspecified atom stereocenters. The van der Waals surface area contributed by atoms with Gasteiger partial charge >= 0.3 is 0 Å². The number of hydrogen-bond donors (Lipinski definition) is 0. The van der Waals surface area contributed by atoms with Crippen molar-refractivity contribution in [2.45, 2.75) is 62.1 Å². The van der Waals surface area contributed by atoms with Gasteiger partial charge in [-0.15, -0.1) is 0 Å². The maximum atomic E-state index is 2.54. The fourth-order valence-corrected chi connectivity index (χ4v) is 4.38. The number of benzene rings is 1. The maximum absolute atomic E-state index is 2.54. The van der Waals surface area contributed by atoms with Gasteiger partial charge in [-0.1, -0.05) is 63.4 Å². The van der Waals surface area contributed by atoms with Crippen molar-refractivity contribution in [2.75, 3.05) is 11.9 Å². The molecule has 0 saturated carbocycles. The van der Waals surface area contributed by atoms with Crippen LogP contribution in [0.15, 0.2) is 29.2 Å². The molecule has 2 heteroatoms. The predicted molar refractivity (Wildman–Crippen MR) is 82.5 cm³/mol. The van der Waals surface area contributed by atoms with Crippen LogP contribution in [0, 0.1) is 0 Å². The molecule has 0 spiro atoms. The summed E-state index contributed by atoms with van der Waals surface area (Å²) in [5, 5.41) is 0. The van der Waals surface area contributed by atoms with Crippen molar-refractivity contribution in [3.05, 3.63) is 24.3 Å². The number of fused-ring (bicyclic) bond motifs is 1. The van der Waals surface area contributed by atoms with Crippen molar-refractivity contribution in [1.29, 1.82) is 0 Å². The van der Waals surface area contributed by atoms with Gasteiger partial charge in [0.15, 0.2) is 0 Å². The van der Waals surface area contributed by atoms with E-state index in [0.29, 0.717) is 4.87 Å². The Bertz CT molecular complexity index is 380. The van der Waals surface area contributed by atoms with Crippen LogP contribution >= 0.6 is 11.8 Å². The van der Waals surface area contributed by atoms with Crippen LogP contribution in [0.3, 0.4) is 0 Å². The lowest BCUT2D eigenvalue weighted by Gasteiger charge is -2.37. The summed E-state index contributed by atoms with van der Waals surface area (Å²) in [5.41, 5.74) is 1.43. The van der Waals surface area contributed by atoms with E-state index in [4.69, 9.17) is 0 Å². The molecule has 0 N–H and O–H groups in total. The van der Waals surface area contributed by atoms with Crippen molar-refractivity contribution >= 4 is 17.4 Å². The van der Waals surface area contributed by atoms with E-state index in [1.807, 2.05) is 0 Å². The first kappa shape index (κ1) is 13.8. The average molecular weight is 263 g/mol. The van der Waals surface area contributed by atoms with Crippen LogP contribution in [0.4, 0.5) is 5.69 Å². The van der Waals surface area contributed by atoms with Crippen molar-refractivity contribution in [1.82, 2.24) is 0 Å². The number of rotatable bonds is 6. The highest BCUT2D eigenvalue weighted by molar-refractivity contribution is 8.01. The van der Waals surface area contributed by atoms with E-state index in [0.717, 1.165) is 0 Å². The smallest absolute Gasteiger partial charge is 0.0904 e. The average Bonchev–Trinajstić information content (AvgIpc) is 2.68. The van der Waals surface area contributed by atoms with Gasteiger partial charge in [0.25, 0.3) is 0 Å². The van der Waals surface area contributed by atoms with E-state index >= 15 is 0 Å². The highest BCUT2D eigenvalue weighted by Gasteiger charge is 2.41. The van der Waals surface area contributed by atoms with E-state index in [1.54, 1.807) is 0 Å². The largest absolute Gasteiger partial charge is 0.359 e. The first-order valence-electron chi connectivity index (χ1n) is 7.25. The zero-order valence-electron chi connectivity index (χ0n) is 11.9. The molecule has 0 bridgehead atoms. The Labute approximate surface area is 116 Å². The Balaban J connectivity index is 2.21. The Hall–Kier alpha value is -0.630. The third-order valence-corrected chi connectivity index (χ3v) is 5.61. The summed E-state index contributed by atoms with van der Waals surface area (Å²) in [7, 11) is 2.28. The predicted octanol–water partition coefficient (Wildman–Crippen LogP) is 5.31. The quantitative estimate of drug-likeness (QED) is 0.684. The van der Waals surface area contributed by atoms with Gasteiger partial charge in [0.2, 0.25) is 0 Å². The standard InChI is InChI=1S/C16H25NS/c1-4-6-12-16(13-7-5-2)17(3)14-10-8-9-11-15(14)18-16/h8-11H,4-7,12-13H2,1-3H3. The van der Waals surface area contributed by atoms with Crippen LogP contribution in [0.2, 0.25) is 0 Å². The molecule has 1 aromatic rings. The molecule has 0 atom stereocenters. The zero-order valence-corrected chi connectivity index (χ0v) is 12.7. The van der Waals surface area contributed by atoms with Gasteiger partial charge in [-0.05, 0) is 25.0 Å². The van der Waals surface area contributed by atoms with Crippen molar-refractivity contribution in [3.63, 3.8) is 0 Å². The lowest BCUT2D eigenvalue weighted by Crippen LogP contribution is -2.40. The van der Waals surface area contributed by atoms with Gasteiger partial charge in [0.1, 0.15) is 0 Å². The topological polar surface area (TPSA) is 3.24 Å². The van der Waals surface area contributed by atoms with Crippen LogP contribution in [0.5, 0.6) is 0 Å². The number of anilines is 1. The molecule has 1 aromatic carbocycles. The van der Waals surface area contributed by atoms with Crippen molar-refractivity contribution in [2.24, 2.45) is 0 Å². The second-order valence-corrected chi connectivity index (χ2v) is 6.69. The van der Waals surface area contributed by atoms with Crippen molar-refractivity contribution < 1.29 is 0 Å². The SMILES string of the molecule is CCCCC1(CCCC)Sc2ccccc2N1C. The Morgan fingerprint density at radius 3 is 2.22 bits per heavy atom. The van der Waals surface area contributed by atoms with Crippen LogP contribution in [-0.4, -0.2) is 11.9 Å². The summed E-state index contributed by atoms with van der Waals surface area (Å²) in [6.07, 6.45) is 7.85. The van der Waals surface area contributed by atoms with Gasteiger partial charge in [-0.3, -0.25) is 0 Å². The molecule has 0 fully saturated rings. The molecule has 1 heterocycles. The normalized spacial score (nSPS) is 16.9. The molecule has 0 amide bonds.